The summed E-state index contributed by atoms with van der Waals surface area (Å²) in [5, 5.41) is 4.61. The third-order valence-corrected chi connectivity index (χ3v) is 4.77. The van der Waals surface area contributed by atoms with Gasteiger partial charge >= 0.3 is 0 Å². The molecule has 1 aromatic carbocycles. The van der Waals surface area contributed by atoms with E-state index in [0.717, 1.165) is 6.54 Å². The molecule has 3 heteroatoms. The van der Waals surface area contributed by atoms with Crippen LogP contribution in [0.25, 0.3) is 6.08 Å². The molecule has 1 heterocycles. The fourth-order valence-corrected chi connectivity index (χ4v) is 3.21. The van der Waals surface area contributed by atoms with Crippen molar-refractivity contribution >= 4 is 11.8 Å². The van der Waals surface area contributed by atoms with E-state index in [1.54, 1.807) is 0 Å². The molecule has 0 radical (unpaired) electrons. The Labute approximate surface area is 148 Å². The van der Waals surface area contributed by atoms with Gasteiger partial charge in [0.25, 0.3) is 0 Å². The van der Waals surface area contributed by atoms with E-state index in [4.69, 9.17) is 0 Å². The molecule has 0 N–H and O–H groups in total. The van der Waals surface area contributed by atoms with Crippen molar-refractivity contribution in [3.63, 3.8) is 0 Å². The normalized spacial score (nSPS) is 17.5. The summed E-state index contributed by atoms with van der Waals surface area (Å²) in [7, 11) is 6.24. The maximum Gasteiger partial charge on any atom is 0.170 e. The van der Waals surface area contributed by atoms with Crippen LogP contribution in [0.5, 0.6) is 0 Å². The molecule has 1 aliphatic rings. The van der Waals surface area contributed by atoms with Crippen LogP contribution in [-0.2, 0) is 0 Å². The highest BCUT2D eigenvalue weighted by molar-refractivity contribution is 5.55. The largest absolute Gasteiger partial charge is 0.378 e. The van der Waals surface area contributed by atoms with E-state index in [9.17, 15) is 0 Å². The van der Waals surface area contributed by atoms with E-state index >= 15 is 0 Å². The van der Waals surface area contributed by atoms with Gasteiger partial charge in [-0.05, 0) is 42.1 Å². The molecule has 1 aliphatic heterocycles. The maximum atomic E-state index is 4.61. The van der Waals surface area contributed by atoms with Gasteiger partial charge in [0, 0.05) is 26.2 Å². The van der Waals surface area contributed by atoms with E-state index in [2.05, 4.69) is 72.3 Å². The molecule has 132 valence electrons. The van der Waals surface area contributed by atoms with Gasteiger partial charge in [0.05, 0.1) is 0 Å². The van der Waals surface area contributed by atoms with E-state index in [-0.39, 0.29) is 0 Å². The fourth-order valence-electron chi connectivity index (χ4n) is 3.21. The molecule has 1 atom stereocenters. The molecule has 0 saturated heterocycles. The van der Waals surface area contributed by atoms with Crippen molar-refractivity contribution in [1.29, 1.82) is 0 Å². The molecule has 0 saturated carbocycles. The lowest BCUT2D eigenvalue weighted by molar-refractivity contribution is -0.552. The molecule has 24 heavy (non-hydrogen) atoms. The molecule has 0 bridgehead atoms. The Kier molecular flexibility index (Phi) is 8.00. The van der Waals surface area contributed by atoms with Gasteiger partial charge in [-0.2, -0.15) is 0 Å². The van der Waals surface area contributed by atoms with Gasteiger partial charge in [0.2, 0.25) is 0 Å². The first-order valence-corrected chi connectivity index (χ1v) is 9.51. The Hall–Kier alpha value is -1.64. The minimum absolute atomic E-state index is 0.608. The van der Waals surface area contributed by atoms with Crippen molar-refractivity contribution in [2.75, 3.05) is 32.6 Å². The van der Waals surface area contributed by atoms with Crippen LogP contribution in [0.3, 0.4) is 0 Å². The molecule has 1 unspecified atom stereocenters. The SMILES string of the molecule is CN(C)c1ccc(C=CCCCCCCCC2CC[N+](C)=N2)cc1. The average Bonchev–Trinajstić information content (AvgIpc) is 2.99. The highest BCUT2D eigenvalue weighted by Gasteiger charge is 2.20. The lowest BCUT2D eigenvalue weighted by Gasteiger charge is -2.11. The fraction of sp³-hybridized carbons (Fsp3) is 0.619. The van der Waals surface area contributed by atoms with Crippen molar-refractivity contribution in [2.45, 2.75) is 57.4 Å². The first kappa shape index (κ1) is 18.7. The number of rotatable bonds is 10. The maximum absolute atomic E-state index is 4.61. The van der Waals surface area contributed by atoms with Gasteiger partial charge < -0.3 is 4.90 Å². The molecule has 2 rings (SSSR count). The smallest absolute Gasteiger partial charge is 0.170 e. The van der Waals surface area contributed by atoms with Gasteiger partial charge in [0.15, 0.2) is 13.6 Å². The number of nitrogens with zero attached hydrogens (tertiary/aromatic N) is 3. The topological polar surface area (TPSA) is 18.6 Å². The molecule has 3 nitrogen and oxygen atoms in total. The van der Waals surface area contributed by atoms with E-state index in [1.807, 2.05) is 0 Å². The lowest BCUT2D eigenvalue weighted by atomic mass is 10.0. The number of hydrogen-bond acceptors (Lipinski definition) is 2. The zero-order valence-electron chi connectivity index (χ0n) is 15.7. The summed E-state index contributed by atoms with van der Waals surface area (Å²) in [5.41, 5.74) is 2.55. The van der Waals surface area contributed by atoms with Crippen molar-refractivity contribution in [2.24, 2.45) is 5.11 Å². The predicted octanol–water partition coefficient (Wildman–Crippen LogP) is 5.36. The average molecular weight is 329 g/mol. The molecule has 0 fully saturated rings. The van der Waals surface area contributed by atoms with E-state index < -0.39 is 0 Å². The van der Waals surface area contributed by atoms with Crippen molar-refractivity contribution in [3.8, 4) is 0 Å². The zero-order chi connectivity index (χ0) is 17.2. The Morgan fingerprint density at radius 1 is 1.08 bits per heavy atom. The Bertz CT molecular complexity index is 529. The van der Waals surface area contributed by atoms with Gasteiger partial charge in [-0.15, -0.1) is 4.70 Å². The Morgan fingerprint density at radius 2 is 1.79 bits per heavy atom. The summed E-state index contributed by atoms with van der Waals surface area (Å²) in [6.45, 7) is 1.15. The quantitative estimate of drug-likeness (QED) is 0.417. The van der Waals surface area contributed by atoms with E-state index in [1.165, 1.54) is 62.6 Å². The number of hydrogen-bond donors (Lipinski definition) is 0. The standard InChI is InChI=1S/C21H34N3/c1-23(2)21-15-13-19(14-16-21)11-9-7-5-4-6-8-10-12-20-17-18-24(3)22-20/h9,11,13-16,20H,4-8,10,12,17-18H2,1-3H3/q+1. The van der Waals surface area contributed by atoms with Crippen LogP contribution in [0.4, 0.5) is 5.69 Å². The van der Waals surface area contributed by atoms with Crippen LogP contribution in [0.1, 0.15) is 56.9 Å². The minimum atomic E-state index is 0.608. The second kappa shape index (κ2) is 10.3. The molecule has 0 aliphatic carbocycles. The first-order valence-electron chi connectivity index (χ1n) is 9.51. The highest BCUT2D eigenvalue weighted by Crippen LogP contribution is 2.16. The van der Waals surface area contributed by atoms with E-state index in [0.29, 0.717) is 6.04 Å². The summed E-state index contributed by atoms with van der Waals surface area (Å²) in [4.78, 5) is 2.13. The van der Waals surface area contributed by atoms with Crippen molar-refractivity contribution in [1.82, 2.24) is 0 Å². The summed E-state index contributed by atoms with van der Waals surface area (Å²) in [6, 6.07) is 9.34. The highest BCUT2D eigenvalue weighted by atomic mass is 15.3. The van der Waals surface area contributed by atoms with Crippen LogP contribution >= 0.6 is 0 Å². The number of azo groups is 2. The van der Waals surface area contributed by atoms with Crippen molar-refractivity contribution in [3.05, 3.63) is 35.9 Å². The Balaban J connectivity index is 1.49. The first-order chi connectivity index (χ1) is 11.6. The van der Waals surface area contributed by atoms with Crippen LogP contribution in [-0.4, -0.2) is 38.4 Å². The Morgan fingerprint density at radius 3 is 2.46 bits per heavy atom. The third-order valence-electron chi connectivity index (χ3n) is 4.77. The van der Waals surface area contributed by atoms with Gasteiger partial charge in [-0.1, -0.05) is 50.0 Å². The van der Waals surface area contributed by atoms with Gasteiger partial charge in [0.1, 0.15) is 6.04 Å². The minimum Gasteiger partial charge on any atom is -0.378 e. The third kappa shape index (κ3) is 6.86. The predicted molar refractivity (Wildman–Crippen MR) is 104 cm³/mol. The van der Waals surface area contributed by atoms with Gasteiger partial charge in [-0.3, -0.25) is 0 Å². The monoisotopic (exact) mass is 328 g/mol. The summed E-state index contributed by atoms with van der Waals surface area (Å²) in [6.07, 6.45) is 15.0. The number of benzene rings is 1. The summed E-state index contributed by atoms with van der Waals surface area (Å²) in [5.74, 6) is 0. The van der Waals surface area contributed by atoms with Gasteiger partial charge in [-0.25, -0.2) is 0 Å². The second-order valence-electron chi connectivity index (χ2n) is 7.17. The number of anilines is 1. The van der Waals surface area contributed by atoms with Crippen LogP contribution in [0.15, 0.2) is 35.5 Å². The van der Waals surface area contributed by atoms with Crippen molar-refractivity contribution < 1.29 is 4.70 Å². The van der Waals surface area contributed by atoms with Crippen LogP contribution < -0.4 is 4.90 Å². The molecule has 0 amide bonds. The van der Waals surface area contributed by atoms with Crippen LogP contribution in [0, 0.1) is 0 Å². The summed E-state index contributed by atoms with van der Waals surface area (Å²) < 4.78 is 2.10. The molecule has 1 aromatic rings. The number of allylic oxidation sites excluding steroid dienone is 1. The summed E-state index contributed by atoms with van der Waals surface area (Å²) >= 11 is 0. The molecular formula is C21H34N3+. The lowest BCUT2D eigenvalue weighted by Crippen LogP contribution is -2.07. The molecule has 0 aromatic heterocycles. The second-order valence-corrected chi connectivity index (χ2v) is 7.17. The molecule has 0 spiro atoms. The molecular weight excluding hydrogens is 294 g/mol. The van der Waals surface area contributed by atoms with Crippen LogP contribution in [0.2, 0.25) is 0 Å². The number of unbranched alkanes of at least 4 members (excludes halogenated alkanes) is 5. The zero-order valence-corrected chi connectivity index (χ0v) is 15.7.